The van der Waals surface area contributed by atoms with Crippen LogP contribution in [0.4, 0.5) is 11.5 Å². The molecule has 0 saturated heterocycles. The molecule has 0 aliphatic heterocycles. The highest BCUT2D eigenvalue weighted by atomic mass is 35.5. The van der Waals surface area contributed by atoms with Crippen LogP contribution >= 0.6 is 11.6 Å². The maximum Gasteiger partial charge on any atom is 0.335 e. The number of aromatic carboxylic acids is 1. The van der Waals surface area contributed by atoms with Gasteiger partial charge in [-0.1, -0.05) is 42.0 Å². The topological polar surface area (TPSA) is 124 Å². The smallest absolute Gasteiger partial charge is 0.335 e. The van der Waals surface area contributed by atoms with Crippen LogP contribution in [0.3, 0.4) is 0 Å². The highest BCUT2D eigenvalue weighted by Crippen LogP contribution is 2.25. The minimum atomic E-state index is -1.11. The Kier molecular flexibility index (Phi) is 6.37. The Bertz CT molecular complexity index is 1290. The van der Waals surface area contributed by atoms with Gasteiger partial charge < -0.3 is 15.7 Å². The number of rotatable bonds is 6. The van der Waals surface area contributed by atoms with E-state index in [4.69, 9.17) is 16.7 Å². The van der Waals surface area contributed by atoms with Crippen molar-refractivity contribution in [3.8, 4) is 11.3 Å². The summed E-state index contributed by atoms with van der Waals surface area (Å²) in [5.41, 5.74) is 2.77. The summed E-state index contributed by atoms with van der Waals surface area (Å²) < 4.78 is 0. The van der Waals surface area contributed by atoms with E-state index in [2.05, 4.69) is 20.8 Å². The van der Waals surface area contributed by atoms with Gasteiger partial charge in [0.25, 0.3) is 11.8 Å². The molecule has 0 bridgehead atoms. The molecule has 166 valence electrons. The van der Waals surface area contributed by atoms with Crippen LogP contribution in [0.1, 0.15) is 33.6 Å². The molecule has 0 fully saturated rings. The van der Waals surface area contributed by atoms with E-state index in [9.17, 15) is 14.4 Å². The SMILES string of the molecule is O=C(Nc1ccc(-c2cc(NC(=O)c3cccc(C(=O)O)c3)n[nH]2)cc1)C1=CCCC=C1Cl. The van der Waals surface area contributed by atoms with E-state index in [1.807, 2.05) is 12.2 Å². The van der Waals surface area contributed by atoms with Gasteiger partial charge in [-0.3, -0.25) is 14.7 Å². The fourth-order valence-electron chi connectivity index (χ4n) is 3.29. The van der Waals surface area contributed by atoms with E-state index >= 15 is 0 Å². The molecule has 3 aromatic rings. The van der Waals surface area contributed by atoms with Crippen molar-refractivity contribution >= 4 is 40.9 Å². The number of amides is 2. The van der Waals surface area contributed by atoms with Gasteiger partial charge in [0, 0.05) is 22.3 Å². The number of hydrogen-bond donors (Lipinski definition) is 4. The number of halogens is 1. The summed E-state index contributed by atoms with van der Waals surface area (Å²) in [5, 5.41) is 21.9. The lowest BCUT2D eigenvalue weighted by atomic mass is 10.1. The molecule has 0 atom stereocenters. The van der Waals surface area contributed by atoms with Crippen molar-refractivity contribution in [3.63, 3.8) is 0 Å². The molecule has 0 radical (unpaired) electrons. The van der Waals surface area contributed by atoms with Crippen LogP contribution in [0.15, 0.2) is 77.4 Å². The predicted molar refractivity (Wildman–Crippen MR) is 125 cm³/mol. The van der Waals surface area contributed by atoms with E-state index in [1.165, 1.54) is 24.3 Å². The molecule has 0 spiro atoms. The standard InChI is InChI=1S/C24H19ClN4O4/c25-19-7-2-1-6-18(19)23(31)26-17-10-8-14(9-11-17)20-13-21(29-28-20)27-22(30)15-4-3-5-16(12-15)24(32)33/h3-13H,1-2H2,(H,26,31)(H,32,33)(H2,27,28,29,30). The average Bonchev–Trinajstić information content (AvgIpc) is 3.28. The molecule has 1 aliphatic carbocycles. The molecule has 8 nitrogen and oxygen atoms in total. The molecular formula is C24H19ClN4O4. The number of carboxylic acids is 1. The quantitative estimate of drug-likeness (QED) is 0.418. The summed E-state index contributed by atoms with van der Waals surface area (Å²) in [4.78, 5) is 35.9. The third kappa shape index (κ3) is 5.19. The van der Waals surface area contributed by atoms with E-state index in [1.54, 1.807) is 30.3 Å². The van der Waals surface area contributed by atoms with Crippen LogP contribution in [0.5, 0.6) is 0 Å². The Morgan fingerprint density at radius 2 is 1.64 bits per heavy atom. The zero-order valence-electron chi connectivity index (χ0n) is 17.3. The lowest BCUT2D eigenvalue weighted by Gasteiger charge is -2.11. The Morgan fingerprint density at radius 1 is 0.909 bits per heavy atom. The summed E-state index contributed by atoms with van der Waals surface area (Å²) in [6.07, 6.45) is 5.26. The molecule has 1 aromatic heterocycles. The zero-order chi connectivity index (χ0) is 23.4. The normalized spacial score (nSPS) is 13.0. The molecular weight excluding hydrogens is 444 g/mol. The molecule has 2 aromatic carbocycles. The van der Waals surface area contributed by atoms with Gasteiger partial charge in [-0.2, -0.15) is 5.10 Å². The van der Waals surface area contributed by atoms with Gasteiger partial charge in [-0.05, 0) is 48.7 Å². The van der Waals surface area contributed by atoms with Gasteiger partial charge in [-0.25, -0.2) is 4.79 Å². The Labute approximate surface area is 194 Å². The number of allylic oxidation sites excluding steroid dienone is 2. The highest BCUT2D eigenvalue weighted by Gasteiger charge is 2.16. The van der Waals surface area contributed by atoms with Crippen molar-refractivity contribution in [3.05, 3.63) is 88.5 Å². The maximum atomic E-state index is 12.4. The largest absolute Gasteiger partial charge is 0.478 e. The zero-order valence-corrected chi connectivity index (χ0v) is 18.0. The number of H-pyrrole nitrogens is 1. The molecule has 33 heavy (non-hydrogen) atoms. The summed E-state index contributed by atoms with van der Waals surface area (Å²) in [7, 11) is 0. The molecule has 1 aliphatic rings. The van der Waals surface area contributed by atoms with Crippen LogP contribution in [-0.4, -0.2) is 33.1 Å². The second-order valence-corrected chi connectivity index (χ2v) is 7.69. The number of nitrogens with one attached hydrogen (secondary N) is 3. The van der Waals surface area contributed by atoms with Crippen LogP contribution < -0.4 is 10.6 Å². The molecule has 2 amide bonds. The van der Waals surface area contributed by atoms with Crippen LogP contribution in [-0.2, 0) is 4.79 Å². The third-order valence-corrected chi connectivity index (χ3v) is 5.34. The number of nitrogens with zero attached hydrogens (tertiary/aromatic N) is 1. The number of hydrogen-bond acceptors (Lipinski definition) is 4. The number of benzene rings is 2. The first-order valence-electron chi connectivity index (χ1n) is 10.1. The van der Waals surface area contributed by atoms with Gasteiger partial charge >= 0.3 is 5.97 Å². The van der Waals surface area contributed by atoms with Crippen molar-refractivity contribution < 1.29 is 19.5 Å². The molecule has 9 heteroatoms. The maximum absolute atomic E-state index is 12.4. The van der Waals surface area contributed by atoms with Crippen molar-refractivity contribution in [1.82, 2.24) is 10.2 Å². The monoisotopic (exact) mass is 462 g/mol. The van der Waals surface area contributed by atoms with Gasteiger partial charge in [0.1, 0.15) is 0 Å². The van der Waals surface area contributed by atoms with Gasteiger partial charge in [0.05, 0.1) is 16.8 Å². The van der Waals surface area contributed by atoms with Crippen molar-refractivity contribution in [1.29, 1.82) is 0 Å². The number of carboxylic acid groups (broad SMARTS) is 1. The fourth-order valence-corrected chi connectivity index (χ4v) is 3.57. The third-order valence-electron chi connectivity index (χ3n) is 4.99. The Hall–Kier alpha value is -4.17. The highest BCUT2D eigenvalue weighted by molar-refractivity contribution is 6.36. The summed E-state index contributed by atoms with van der Waals surface area (Å²) >= 11 is 6.11. The second kappa shape index (κ2) is 9.54. The van der Waals surface area contributed by atoms with E-state index in [0.29, 0.717) is 27.8 Å². The minimum absolute atomic E-state index is 0.0237. The first-order valence-corrected chi connectivity index (χ1v) is 10.5. The number of carbonyl (C=O) groups is 3. The molecule has 0 saturated carbocycles. The number of aromatic nitrogens is 2. The molecule has 4 rings (SSSR count). The van der Waals surface area contributed by atoms with Crippen LogP contribution in [0.25, 0.3) is 11.3 Å². The Morgan fingerprint density at radius 3 is 2.36 bits per heavy atom. The second-order valence-electron chi connectivity index (χ2n) is 7.29. The van der Waals surface area contributed by atoms with Crippen molar-refractivity contribution in [2.75, 3.05) is 10.6 Å². The number of carbonyl (C=O) groups excluding carboxylic acids is 2. The summed E-state index contributed by atoms with van der Waals surface area (Å²) in [6, 6.07) is 14.5. The molecule has 0 unspecified atom stereocenters. The molecule has 1 heterocycles. The predicted octanol–water partition coefficient (Wildman–Crippen LogP) is 4.81. The first kappa shape index (κ1) is 22.0. The lowest BCUT2D eigenvalue weighted by Crippen LogP contribution is -2.15. The van der Waals surface area contributed by atoms with E-state index in [-0.39, 0.29) is 17.0 Å². The first-order chi connectivity index (χ1) is 15.9. The lowest BCUT2D eigenvalue weighted by molar-refractivity contribution is -0.112. The summed E-state index contributed by atoms with van der Waals surface area (Å²) in [6.45, 7) is 0. The average molecular weight is 463 g/mol. The van der Waals surface area contributed by atoms with Gasteiger partial charge in [0.15, 0.2) is 5.82 Å². The molecule has 4 N–H and O–H groups in total. The number of anilines is 2. The van der Waals surface area contributed by atoms with E-state index < -0.39 is 11.9 Å². The van der Waals surface area contributed by atoms with E-state index in [0.717, 1.165) is 18.4 Å². The fraction of sp³-hybridized carbons (Fsp3) is 0.0833. The number of aromatic amines is 1. The Balaban J connectivity index is 1.41. The van der Waals surface area contributed by atoms with Crippen molar-refractivity contribution in [2.24, 2.45) is 0 Å². The van der Waals surface area contributed by atoms with Crippen molar-refractivity contribution in [2.45, 2.75) is 12.8 Å². The van der Waals surface area contributed by atoms with Gasteiger partial charge in [-0.15, -0.1) is 0 Å². The minimum Gasteiger partial charge on any atom is -0.478 e. The van der Waals surface area contributed by atoms with Gasteiger partial charge in [0.2, 0.25) is 0 Å². The van der Waals surface area contributed by atoms with Crippen LogP contribution in [0, 0.1) is 0 Å². The van der Waals surface area contributed by atoms with Crippen LogP contribution in [0.2, 0.25) is 0 Å². The summed E-state index contributed by atoms with van der Waals surface area (Å²) in [5.74, 6) is -1.55.